The van der Waals surface area contributed by atoms with Gasteiger partial charge in [-0.1, -0.05) is 30.3 Å². The zero-order valence-corrected chi connectivity index (χ0v) is 14.9. The van der Waals surface area contributed by atoms with Crippen LogP contribution in [0.25, 0.3) is 22.1 Å². The van der Waals surface area contributed by atoms with Crippen LogP contribution < -0.4 is 15.4 Å². The summed E-state index contributed by atoms with van der Waals surface area (Å²) in [5.74, 6) is 0.201. The summed E-state index contributed by atoms with van der Waals surface area (Å²) in [6.45, 7) is 5.00. The smallest absolute Gasteiger partial charge is 0.344 e. The summed E-state index contributed by atoms with van der Waals surface area (Å²) in [6, 6.07) is 14.9. The zero-order chi connectivity index (χ0) is 18.1. The largest absolute Gasteiger partial charge is 0.507 e. The van der Waals surface area contributed by atoms with Gasteiger partial charge >= 0.3 is 5.63 Å². The number of nitrogens with one attached hydrogen (secondary N) is 2. The maximum Gasteiger partial charge on any atom is 0.344 e. The predicted molar refractivity (Wildman–Crippen MR) is 101 cm³/mol. The number of hydrogen-bond donors (Lipinski definition) is 3. The molecule has 1 aromatic heterocycles. The highest BCUT2D eigenvalue weighted by Crippen LogP contribution is 2.28. The Labute approximate surface area is 152 Å². The van der Waals surface area contributed by atoms with E-state index in [0.29, 0.717) is 17.7 Å². The average Bonchev–Trinajstić information content (AvgIpc) is 2.66. The molecule has 0 amide bonds. The van der Waals surface area contributed by atoms with Gasteiger partial charge in [-0.25, -0.2) is 4.79 Å². The first-order chi connectivity index (χ1) is 12.6. The van der Waals surface area contributed by atoms with E-state index in [1.807, 2.05) is 42.5 Å². The van der Waals surface area contributed by atoms with E-state index >= 15 is 0 Å². The van der Waals surface area contributed by atoms with Crippen molar-refractivity contribution < 1.29 is 19.3 Å². The Morgan fingerprint density at radius 1 is 1.04 bits per heavy atom. The van der Waals surface area contributed by atoms with Gasteiger partial charge in [-0.3, -0.25) is 0 Å². The number of piperazine rings is 1. The number of likely N-dealkylation sites (N-methyl/N-ethyl adjacent to an activating group) is 1. The monoisotopic (exact) mass is 352 g/mol. The van der Waals surface area contributed by atoms with Crippen LogP contribution in [0.5, 0.6) is 5.75 Å². The molecule has 3 N–H and O–H groups in total. The molecule has 26 heavy (non-hydrogen) atoms. The Morgan fingerprint density at radius 2 is 1.77 bits per heavy atom. The van der Waals surface area contributed by atoms with Gasteiger partial charge in [-0.2, -0.15) is 0 Å². The number of rotatable bonds is 3. The van der Waals surface area contributed by atoms with Crippen molar-refractivity contribution in [3.05, 3.63) is 64.5 Å². The Hall–Kier alpha value is -2.63. The molecule has 0 unspecified atom stereocenters. The second kappa shape index (κ2) is 6.94. The third-order valence-corrected chi connectivity index (χ3v) is 5.30. The van der Waals surface area contributed by atoms with Crippen molar-refractivity contribution in [1.82, 2.24) is 0 Å². The van der Waals surface area contributed by atoms with Crippen LogP contribution in [0.3, 0.4) is 0 Å². The highest BCUT2D eigenvalue weighted by Gasteiger charge is 2.23. The maximum absolute atomic E-state index is 12.6. The molecular weight excluding hydrogens is 328 g/mol. The standard InChI is InChI=1S/C21H22N2O3/c1-22-9-11-23(12-10-22)14-18-19(24)8-7-16-13-17(21(25)26-20(16)18)15-5-3-2-4-6-15/h2-8,13,24H,9-12,14H2,1H3/p+2. The fourth-order valence-corrected chi connectivity index (χ4v) is 3.68. The van der Waals surface area contributed by atoms with Crippen molar-refractivity contribution in [2.75, 3.05) is 33.2 Å². The number of phenols is 1. The fraction of sp³-hybridized carbons (Fsp3) is 0.286. The molecule has 5 nitrogen and oxygen atoms in total. The summed E-state index contributed by atoms with van der Waals surface area (Å²) in [7, 11) is 2.20. The van der Waals surface area contributed by atoms with E-state index in [1.165, 1.54) is 9.80 Å². The molecule has 0 radical (unpaired) electrons. The van der Waals surface area contributed by atoms with Gasteiger partial charge in [-0.05, 0) is 23.8 Å². The minimum atomic E-state index is -0.367. The summed E-state index contributed by atoms with van der Waals surface area (Å²) in [5, 5.41) is 11.2. The van der Waals surface area contributed by atoms with Crippen LogP contribution in [0, 0.1) is 0 Å². The van der Waals surface area contributed by atoms with Crippen molar-refractivity contribution in [2.45, 2.75) is 6.54 Å². The SMILES string of the molecule is C[NH+]1CC[NH+](Cc2c(O)ccc3cc(-c4ccccc4)c(=O)oc23)CC1. The number of fused-ring (bicyclic) bond motifs is 1. The molecule has 4 rings (SSSR count). The number of benzene rings is 2. The number of hydrogen-bond acceptors (Lipinski definition) is 3. The van der Waals surface area contributed by atoms with Crippen LogP contribution in [0.4, 0.5) is 0 Å². The number of aromatic hydroxyl groups is 1. The molecule has 5 heteroatoms. The lowest BCUT2D eigenvalue weighted by molar-refractivity contribution is -1.01. The molecule has 1 fully saturated rings. The topological polar surface area (TPSA) is 59.3 Å². The number of quaternary nitrogens is 2. The third-order valence-electron chi connectivity index (χ3n) is 5.30. The fourth-order valence-electron chi connectivity index (χ4n) is 3.68. The van der Waals surface area contributed by atoms with E-state index in [9.17, 15) is 9.90 Å². The first-order valence-electron chi connectivity index (χ1n) is 9.11. The first-order valence-corrected chi connectivity index (χ1v) is 9.11. The van der Waals surface area contributed by atoms with Gasteiger partial charge in [0.2, 0.25) is 0 Å². The van der Waals surface area contributed by atoms with Crippen LogP contribution in [0.15, 0.2) is 57.7 Å². The van der Waals surface area contributed by atoms with Gasteiger partial charge in [0.15, 0.2) is 5.58 Å². The average molecular weight is 352 g/mol. The Kier molecular flexibility index (Phi) is 4.49. The second-order valence-corrected chi connectivity index (χ2v) is 7.18. The molecule has 0 aliphatic carbocycles. The normalized spacial score (nSPS) is 20.3. The number of phenolic OH excluding ortho intramolecular Hbond substituents is 1. The Morgan fingerprint density at radius 3 is 2.50 bits per heavy atom. The molecule has 1 saturated heterocycles. The van der Waals surface area contributed by atoms with E-state index in [0.717, 1.165) is 42.7 Å². The van der Waals surface area contributed by atoms with Gasteiger partial charge in [0.25, 0.3) is 0 Å². The van der Waals surface area contributed by atoms with Crippen LogP contribution in [0.1, 0.15) is 5.56 Å². The quantitative estimate of drug-likeness (QED) is 0.585. The van der Waals surface area contributed by atoms with Crippen LogP contribution in [-0.4, -0.2) is 38.3 Å². The van der Waals surface area contributed by atoms with E-state index in [-0.39, 0.29) is 11.4 Å². The van der Waals surface area contributed by atoms with Crippen molar-refractivity contribution in [3.8, 4) is 16.9 Å². The van der Waals surface area contributed by atoms with Crippen LogP contribution in [0.2, 0.25) is 0 Å². The predicted octanol–water partition coefficient (Wildman–Crippen LogP) is 0.0788. The minimum absolute atomic E-state index is 0.201. The van der Waals surface area contributed by atoms with Gasteiger partial charge < -0.3 is 19.3 Å². The van der Waals surface area contributed by atoms with Crippen molar-refractivity contribution >= 4 is 11.0 Å². The zero-order valence-electron chi connectivity index (χ0n) is 14.9. The second-order valence-electron chi connectivity index (χ2n) is 7.18. The lowest BCUT2D eigenvalue weighted by Crippen LogP contribution is -3.26. The summed E-state index contributed by atoms with van der Waals surface area (Å²) in [5.41, 5.74) is 2.26. The molecule has 134 valence electrons. The molecule has 2 heterocycles. The van der Waals surface area contributed by atoms with Crippen molar-refractivity contribution in [2.24, 2.45) is 0 Å². The summed E-state index contributed by atoms with van der Waals surface area (Å²) in [4.78, 5) is 15.5. The van der Waals surface area contributed by atoms with Crippen molar-refractivity contribution in [1.29, 1.82) is 0 Å². The molecule has 3 aromatic rings. The molecule has 2 aromatic carbocycles. The lowest BCUT2D eigenvalue weighted by Gasteiger charge is -2.27. The van der Waals surface area contributed by atoms with Gasteiger partial charge in [0.1, 0.15) is 38.5 Å². The lowest BCUT2D eigenvalue weighted by atomic mass is 10.0. The van der Waals surface area contributed by atoms with E-state index in [2.05, 4.69) is 7.05 Å². The van der Waals surface area contributed by atoms with Crippen molar-refractivity contribution in [3.63, 3.8) is 0 Å². The molecule has 1 aliphatic heterocycles. The highest BCUT2D eigenvalue weighted by atomic mass is 16.4. The van der Waals surface area contributed by atoms with Crippen LogP contribution in [-0.2, 0) is 6.54 Å². The Bertz CT molecular complexity index is 974. The van der Waals surface area contributed by atoms with E-state index in [4.69, 9.17) is 4.42 Å². The van der Waals surface area contributed by atoms with E-state index in [1.54, 1.807) is 6.07 Å². The van der Waals surface area contributed by atoms with Gasteiger partial charge in [0.05, 0.1) is 18.2 Å². The molecule has 1 aliphatic rings. The summed E-state index contributed by atoms with van der Waals surface area (Å²) in [6.07, 6.45) is 0. The van der Waals surface area contributed by atoms with Gasteiger partial charge in [0, 0.05) is 5.39 Å². The first kappa shape index (κ1) is 16.8. The summed E-state index contributed by atoms with van der Waals surface area (Å²) < 4.78 is 5.69. The maximum atomic E-state index is 12.6. The van der Waals surface area contributed by atoms with Crippen LogP contribution >= 0.6 is 0 Å². The summed E-state index contributed by atoms with van der Waals surface area (Å²) >= 11 is 0. The third kappa shape index (κ3) is 3.23. The van der Waals surface area contributed by atoms with Gasteiger partial charge in [-0.15, -0.1) is 0 Å². The highest BCUT2D eigenvalue weighted by molar-refractivity contribution is 5.85. The minimum Gasteiger partial charge on any atom is -0.507 e. The molecule has 0 spiro atoms. The Balaban J connectivity index is 1.75. The van der Waals surface area contributed by atoms with E-state index < -0.39 is 0 Å². The molecule has 0 atom stereocenters. The molecule has 0 bridgehead atoms. The molecular formula is C21H24N2O3+2. The molecule has 0 saturated carbocycles.